The second kappa shape index (κ2) is 9.14. The summed E-state index contributed by atoms with van der Waals surface area (Å²) < 4.78 is 8.18. The lowest BCUT2D eigenvalue weighted by molar-refractivity contribution is -0.577. The third kappa shape index (κ3) is 3.73. The number of methoxy groups -OCH3 is 1. The molecule has 1 aliphatic heterocycles. The summed E-state index contributed by atoms with van der Waals surface area (Å²) in [5.74, 6) is -0.480. The van der Waals surface area contributed by atoms with Gasteiger partial charge in [-0.05, 0) is 36.8 Å². The monoisotopic (exact) mass is 481 g/mol. The molecule has 8 nitrogen and oxygen atoms in total. The average Bonchev–Trinajstić information content (AvgIpc) is 3.35. The Morgan fingerprint density at radius 3 is 2.31 bits per heavy atom. The van der Waals surface area contributed by atoms with Gasteiger partial charge in [-0.2, -0.15) is 4.57 Å². The summed E-state index contributed by atoms with van der Waals surface area (Å²) >= 11 is 0. The number of benzene rings is 2. The first-order chi connectivity index (χ1) is 17.4. The minimum Gasteiger partial charge on any atom is -0.497 e. The van der Waals surface area contributed by atoms with Crippen molar-refractivity contribution in [1.82, 2.24) is 9.78 Å². The Morgan fingerprint density at radius 2 is 1.64 bits per heavy atom. The maximum atomic E-state index is 14.0. The molecule has 36 heavy (non-hydrogen) atoms. The van der Waals surface area contributed by atoms with E-state index in [0.29, 0.717) is 17.1 Å². The highest BCUT2D eigenvalue weighted by Crippen LogP contribution is 2.36. The van der Waals surface area contributed by atoms with Crippen molar-refractivity contribution in [3.63, 3.8) is 0 Å². The Kier molecular flexibility index (Phi) is 5.85. The average molecular weight is 482 g/mol. The molecule has 0 fully saturated rings. The number of pyridine rings is 1. The van der Waals surface area contributed by atoms with E-state index in [9.17, 15) is 14.4 Å². The second-order valence-corrected chi connectivity index (χ2v) is 8.43. The Bertz CT molecular complexity index is 1560. The lowest BCUT2D eigenvalue weighted by Gasteiger charge is -2.14. The summed E-state index contributed by atoms with van der Waals surface area (Å²) in [5, 5.41) is 3.07. The minimum absolute atomic E-state index is 0.0507. The summed E-state index contributed by atoms with van der Waals surface area (Å²) in [6.07, 6.45) is 4.28. The largest absolute Gasteiger partial charge is 0.497 e. The van der Waals surface area contributed by atoms with Crippen molar-refractivity contribution in [2.75, 3.05) is 12.0 Å². The van der Waals surface area contributed by atoms with Crippen LogP contribution < -0.4 is 19.8 Å². The lowest BCUT2D eigenvalue weighted by atomic mass is 10.0. The van der Waals surface area contributed by atoms with E-state index in [0.717, 1.165) is 22.4 Å². The van der Waals surface area contributed by atoms with Gasteiger partial charge in [0.25, 0.3) is 17.2 Å². The van der Waals surface area contributed by atoms with E-state index < -0.39 is 17.4 Å². The van der Waals surface area contributed by atoms with Crippen molar-refractivity contribution in [3.8, 4) is 17.0 Å². The molecule has 2 aromatic heterocycles. The molecule has 0 unspecified atom stereocenters. The topological polar surface area (TPSA) is 88.3 Å². The van der Waals surface area contributed by atoms with Gasteiger partial charge in [-0.1, -0.05) is 37.3 Å². The van der Waals surface area contributed by atoms with Gasteiger partial charge >= 0.3 is 5.91 Å². The van der Waals surface area contributed by atoms with Crippen LogP contribution in [0.25, 0.3) is 22.5 Å². The number of H-pyrrole nitrogens is 1. The van der Waals surface area contributed by atoms with Gasteiger partial charge in [0.1, 0.15) is 11.3 Å². The van der Waals surface area contributed by atoms with Crippen molar-refractivity contribution in [1.29, 1.82) is 0 Å². The highest BCUT2D eigenvalue weighted by molar-refractivity contribution is 6.53. The number of carbonyl (C=O) groups excluding carboxylic acids is 2. The number of aromatic nitrogens is 3. The normalized spacial score (nSPS) is 13.6. The zero-order valence-electron chi connectivity index (χ0n) is 20.2. The molecule has 3 heterocycles. The van der Waals surface area contributed by atoms with E-state index in [4.69, 9.17) is 4.74 Å². The molecular formula is C28H25N4O4+. The van der Waals surface area contributed by atoms with E-state index in [1.54, 1.807) is 49.2 Å². The summed E-state index contributed by atoms with van der Waals surface area (Å²) in [5.41, 5.74) is 2.51. The minimum atomic E-state index is -0.566. The molecule has 0 spiro atoms. The van der Waals surface area contributed by atoms with Crippen molar-refractivity contribution >= 4 is 28.8 Å². The van der Waals surface area contributed by atoms with Crippen molar-refractivity contribution in [2.45, 2.75) is 13.3 Å². The summed E-state index contributed by atoms with van der Waals surface area (Å²) in [7, 11) is 3.13. The number of ether oxygens (including phenoxy) is 1. The Labute approximate surface area is 207 Å². The molecular weight excluding hydrogens is 456 g/mol. The van der Waals surface area contributed by atoms with E-state index in [2.05, 4.69) is 5.10 Å². The first-order valence-corrected chi connectivity index (χ1v) is 11.6. The fraction of sp³-hybridized carbons (Fsp3) is 0.143. The van der Waals surface area contributed by atoms with Crippen molar-refractivity contribution in [3.05, 3.63) is 101 Å². The molecule has 0 saturated carbocycles. The highest BCUT2D eigenvalue weighted by Gasteiger charge is 2.48. The standard InChI is InChI=1S/C28H24N4O4/c1-4-18-9-8-16-31(17-18)25-23(22-24(29-30(2)26(22)33)19-10-6-5-7-11-19)27(34)32(28(25)35)20-12-14-21(36-3)15-13-20/h5-17H,4H2,1-3H3/p+1. The Morgan fingerprint density at radius 1 is 0.917 bits per heavy atom. The second-order valence-electron chi connectivity index (χ2n) is 8.43. The fourth-order valence-corrected chi connectivity index (χ4v) is 4.42. The SMILES string of the molecule is CCc1ccc[n+](C2=C(c3c(-c4ccccc4)[nH]n(C)c3=O)C(=O)N(c3ccc(OC)cc3)C2=O)c1. The van der Waals surface area contributed by atoms with Crippen LogP contribution in [-0.2, 0) is 23.1 Å². The van der Waals surface area contributed by atoms with Gasteiger partial charge in [0, 0.05) is 24.2 Å². The number of nitrogens with zero attached hydrogens (tertiary/aromatic N) is 3. The number of amides is 2. The van der Waals surface area contributed by atoms with Crippen LogP contribution in [0.15, 0.2) is 83.9 Å². The van der Waals surface area contributed by atoms with Crippen molar-refractivity contribution < 1.29 is 18.9 Å². The zero-order chi connectivity index (χ0) is 25.4. The Hall–Kier alpha value is -4.72. The highest BCUT2D eigenvalue weighted by atomic mass is 16.5. The van der Waals surface area contributed by atoms with E-state index in [-0.39, 0.29) is 16.8 Å². The number of imide groups is 1. The smallest absolute Gasteiger partial charge is 0.331 e. The van der Waals surface area contributed by atoms with Gasteiger partial charge in [0.15, 0.2) is 12.4 Å². The van der Waals surface area contributed by atoms with Crippen LogP contribution in [0, 0.1) is 0 Å². The molecule has 1 N–H and O–H groups in total. The maximum Gasteiger partial charge on any atom is 0.331 e. The van der Waals surface area contributed by atoms with E-state index >= 15 is 0 Å². The van der Waals surface area contributed by atoms with Crippen LogP contribution in [0.5, 0.6) is 5.75 Å². The lowest BCUT2D eigenvalue weighted by Crippen LogP contribution is -2.40. The molecule has 0 bridgehead atoms. The first-order valence-electron chi connectivity index (χ1n) is 11.6. The van der Waals surface area contributed by atoms with Crippen LogP contribution >= 0.6 is 0 Å². The van der Waals surface area contributed by atoms with Gasteiger partial charge in [-0.15, -0.1) is 0 Å². The van der Waals surface area contributed by atoms with Gasteiger partial charge in [0.2, 0.25) is 0 Å². The molecule has 8 heteroatoms. The molecule has 2 aromatic carbocycles. The number of hydrogen-bond donors (Lipinski definition) is 1. The van der Waals surface area contributed by atoms with Gasteiger partial charge < -0.3 is 4.74 Å². The van der Waals surface area contributed by atoms with Gasteiger partial charge in [-0.25, -0.2) is 4.90 Å². The summed E-state index contributed by atoms with van der Waals surface area (Å²) in [6.45, 7) is 2.01. The fourth-order valence-electron chi connectivity index (χ4n) is 4.42. The molecule has 0 saturated heterocycles. The van der Waals surface area contributed by atoms with Crippen LogP contribution in [0.2, 0.25) is 0 Å². The van der Waals surface area contributed by atoms with Crippen LogP contribution in [0.3, 0.4) is 0 Å². The molecule has 5 rings (SSSR count). The molecule has 4 aromatic rings. The number of anilines is 1. The van der Waals surface area contributed by atoms with Crippen LogP contribution in [-0.4, -0.2) is 28.7 Å². The number of aryl methyl sites for hydroxylation is 2. The predicted octanol–water partition coefficient (Wildman–Crippen LogP) is 3.18. The number of rotatable bonds is 6. The number of nitrogens with one attached hydrogen (secondary N) is 1. The van der Waals surface area contributed by atoms with E-state index in [1.165, 1.54) is 4.68 Å². The summed E-state index contributed by atoms with van der Waals surface area (Å²) in [6, 6.07) is 19.7. The zero-order valence-corrected chi connectivity index (χ0v) is 20.2. The van der Waals surface area contributed by atoms with Crippen LogP contribution in [0.1, 0.15) is 18.1 Å². The quantitative estimate of drug-likeness (QED) is 0.339. The summed E-state index contributed by atoms with van der Waals surface area (Å²) in [4.78, 5) is 42.4. The predicted molar refractivity (Wildman–Crippen MR) is 136 cm³/mol. The molecule has 2 amide bonds. The van der Waals surface area contributed by atoms with Crippen molar-refractivity contribution in [2.24, 2.45) is 7.05 Å². The molecule has 0 radical (unpaired) electrons. The maximum absolute atomic E-state index is 14.0. The third-order valence-corrected chi connectivity index (χ3v) is 6.28. The molecule has 0 aliphatic carbocycles. The Balaban J connectivity index is 1.78. The van der Waals surface area contributed by atoms with E-state index in [1.807, 2.05) is 55.6 Å². The first kappa shape index (κ1) is 23.0. The van der Waals surface area contributed by atoms with Gasteiger partial charge in [-0.3, -0.25) is 24.2 Å². The van der Waals surface area contributed by atoms with Crippen LogP contribution in [0.4, 0.5) is 5.69 Å². The number of carbonyl (C=O) groups is 2. The number of hydrogen-bond acceptors (Lipinski definition) is 4. The molecule has 1 aliphatic rings. The van der Waals surface area contributed by atoms with Gasteiger partial charge in [0.05, 0.1) is 24.1 Å². The third-order valence-electron chi connectivity index (χ3n) is 6.28. The molecule has 0 atom stereocenters. The number of aromatic amines is 1. The molecule has 180 valence electrons.